The molecule has 0 aromatic carbocycles. The van der Waals surface area contributed by atoms with E-state index in [1.54, 1.807) is 0 Å². The summed E-state index contributed by atoms with van der Waals surface area (Å²) in [5.74, 6) is 0.980. The quantitative estimate of drug-likeness (QED) is 0.660. The molecule has 2 unspecified atom stereocenters. The summed E-state index contributed by atoms with van der Waals surface area (Å²) in [4.78, 5) is 5.83. The molecular weight excluding hydrogens is 191 g/mol. The van der Waals surface area contributed by atoms with Crippen LogP contribution < -0.4 is 4.90 Å². The van der Waals surface area contributed by atoms with E-state index in [2.05, 4.69) is 23.7 Å². The lowest BCUT2D eigenvalue weighted by atomic mass is 9.91. The number of hydrogen-bond acceptors (Lipinski definition) is 2. The number of anilines is 1. The van der Waals surface area contributed by atoms with Crippen molar-refractivity contribution in [1.82, 2.24) is 4.98 Å². The molecule has 0 bridgehead atoms. The molecule has 2 heterocycles. The maximum atomic E-state index is 13.0. The normalized spacial score (nSPS) is 26.7. The van der Waals surface area contributed by atoms with Crippen molar-refractivity contribution in [1.29, 1.82) is 0 Å². The molecule has 1 aliphatic heterocycles. The van der Waals surface area contributed by atoms with E-state index in [9.17, 15) is 4.39 Å². The van der Waals surface area contributed by atoms with Crippen molar-refractivity contribution >= 4 is 5.69 Å². The summed E-state index contributed by atoms with van der Waals surface area (Å²) >= 11 is 0. The van der Waals surface area contributed by atoms with E-state index in [-0.39, 0.29) is 0 Å². The molecule has 1 saturated heterocycles. The summed E-state index contributed by atoms with van der Waals surface area (Å²) in [6.07, 6.45) is 2.80. The minimum Gasteiger partial charge on any atom is -0.371 e. The maximum absolute atomic E-state index is 13.0. The highest BCUT2D eigenvalue weighted by Gasteiger charge is 2.22. The van der Waals surface area contributed by atoms with Gasteiger partial charge in [0.1, 0.15) is 0 Å². The molecule has 1 aromatic heterocycles. The zero-order chi connectivity index (χ0) is 10.8. The van der Waals surface area contributed by atoms with Crippen molar-refractivity contribution in [3.05, 3.63) is 24.3 Å². The summed E-state index contributed by atoms with van der Waals surface area (Å²) in [6, 6.07) is 3.40. The van der Waals surface area contributed by atoms with Crippen LogP contribution >= 0.6 is 0 Å². The van der Waals surface area contributed by atoms with Gasteiger partial charge < -0.3 is 4.90 Å². The Bertz CT molecular complexity index is 330. The Kier molecular flexibility index (Phi) is 2.89. The van der Waals surface area contributed by atoms with Gasteiger partial charge in [0, 0.05) is 31.0 Å². The van der Waals surface area contributed by atoms with Crippen LogP contribution in [0.25, 0.3) is 0 Å². The van der Waals surface area contributed by atoms with Gasteiger partial charge in [-0.25, -0.2) is 4.98 Å². The maximum Gasteiger partial charge on any atom is 0.214 e. The van der Waals surface area contributed by atoms with E-state index in [1.807, 2.05) is 6.07 Å². The monoisotopic (exact) mass is 208 g/mol. The zero-order valence-electron chi connectivity index (χ0n) is 9.28. The number of hydrogen-bond donors (Lipinski definition) is 0. The number of pyridine rings is 1. The molecule has 1 aliphatic rings. The third kappa shape index (κ3) is 2.46. The molecule has 3 heteroatoms. The van der Waals surface area contributed by atoms with Gasteiger partial charge in [0.05, 0.1) is 0 Å². The standard InChI is InChI=1S/C12H17FN2/c1-9-5-10(2)8-15(7-9)11-3-4-14-12(13)6-11/h3-4,6,9-10H,5,7-8H2,1-2H3. The molecule has 15 heavy (non-hydrogen) atoms. The SMILES string of the molecule is CC1CC(C)CN(c2ccnc(F)c2)C1. The Balaban J connectivity index is 2.16. The lowest BCUT2D eigenvalue weighted by molar-refractivity contribution is 0.356. The Morgan fingerprint density at radius 2 is 2.00 bits per heavy atom. The first-order chi connectivity index (χ1) is 7.15. The number of piperidine rings is 1. The molecule has 1 fully saturated rings. The highest BCUT2D eigenvalue weighted by molar-refractivity contribution is 5.45. The number of aromatic nitrogens is 1. The molecule has 2 rings (SSSR count). The zero-order valence-corrected chi connectivity index (χ0v) is 9.28. The van der Waals surface area contributed by atoms with Gasteiger partial charge in [0.25, 0.3) is 0 Å². The van der Waals surface area contributed by atoms with Crippen molar-refractivity contribution in [2.24, 2.45) is 11.8 Å². The average Bonchev–Trinajstić information content (AvgIpc) is 2.16. The molecule has 2 nitrogen and oxygen atoms in total. The molecule has 0 N–H and O–H groups in total. The highest BCUT2D eigenvalue weighted by Crippen LogP contribution is 2.25. The topological polar surface area (TPSA) is 16.1 Å². The Morgan fingerprint density at radius 1 is 1.33 bits per heavy atom. The van der Waals surface area contributed by atoms with E-state index < -0.39 is 5.95 Å². The second-order valence-electron chi connectivity index (χ2n) is 4.69. The van der Waals surface area contributed by atoms with Crippen molar-refractivity contribution in [3.63, 3.8) is 0 Å². The number of halogens is 1. The minimum absolute atomic E-state index is 0.390. The number of rotatable bonds is 1. The predicted octanol–water partition coefficient (Wildman–Crippen LogP) is 2.70. The van der Waals surface area contributed by atoms with Gasteiger partial charge in [0.2, 0.25) is 5.95 Å². The minimum atomic E-state index is -0.390. The third-order valence-corrected chi connectivity index (χ3v) is 2.94. The molecule has 2 atom stereocenters. The Hall–Kier alpha value is -1.12. The van der Waals surface area contributed by atoms with Gasteiger partial charge in [-0.3, -0.25) is 0 Å². The predicted molar refractivity (Wildman–Crippen MR) is 59.4 cm³/mol. The van der Waals surface area contributed by atoms with Gasteiger partial charge in [0.15, 0.2) is 0 Å². The molecule has 0 aliphatic carbocycles. The summed E-state index contributed by atoms with van der Waals surface area (Å²) < 4.78 is 13.0. The molecule has 0 radical (unpaired) electrons. The summed E-state index contributed by atoms with van der Waals surface area (Å²) in [5, 5.41) is 0. The van der Waals surface area contributed by atoms with Crippen molar-refractivity contribution < 1.29 is 4.39 Å². The fraction of sp³-hybridized carbons (Fsp3) is 0.583. The average molecular weight is 208 g/mol. The molecule has 1 aromatic rings. The van der Waals surface area contributed by atoms with Crippen LogP contribution in [-0.4, -0.2) is 18.1 Å². The Morgan fingerprint density at radius 3 is 2.60 bits per heavy atom. The second kappa shape index (κ2) is 4.17. The largest absolute Gasteiger partial charge is 0.371 e. The van der Waals surface area contributed by atoms with E-state index in [0.717, 1.165) is 18.8 Å². The van der Waals surface area contributed by atoms with Gasteiger partial charge in [-0.1, -0.05) is 13.8 Å². The number of nitrogens with zero attached hydrogens (tertiary/aromatic N) is 2. The van der Waals surface area contributed by atoms with Gasteiger partial charge >= 0.3 is 0 Å². The Labute approximate surface area is 90.1 Å². The van der Waals surface area contributed by atoms with Gasteiger partial charge in [-0.15, -0.1) is 0 Å². The van der Waals surface area contributed by atoms with Gasteiger partial charge in [-0.05, 0) is 24.3 Å². The van der Waals surface area contributed by atoms with Crippen LogP contribution in [0.1, 0.15) is 20.3 Å². The molecule has 0 saturated carbocycles. The van der Waals surface area contributed by atoms with E-state index in [4.69, 9.17) is 0 Å². The highest BCUT2D eigenvalue weighted by atomic mass is 19.1. The van der Waals surface area contributed by atoms with Crippen LogP contribution in [0.5, 0.6) is 0 Å². The summed E-state index contributed by atoms with van der Waals surface area (Å²) in [6.45, 7) is 6.54. The molecular formula is C12H17FN2. The van der Waals surface area contributed by atoms with Crippen LogP contribution in [0, 0.1) is 17.8 Å². The van der Waals surface area contributed by atoms with Gasteiger partial charge in [-0.2, -0.15) is 4.39 Å². The first-order valence-electron chi connectivity index (χ1n) is 5.51. The van der Waals surface area contributed by atoms with Crippen LogP contribution in [0.2, 0.25) is 0 Å². The smallest absolute Gasteiger partial charge is 0.214 e. The van der Waals surface area contributed by atoms with Crippen LogP contribution in [-0.2, 0) is 0 Å². The van der Waals surface area contributed by atoms with E-state index in [1.165, 1.54) is 18.7 Å². The lowest BCUT2D eigenvalue weighted by Crippen LogP contribution is -2.38. The van der Waals surface area contributed by atoms with Crippen molar-refractivity contribution in [3.8, 4) is 0 Å². The van der Waals surface area contributed by atoms with E-state index >= 15 is 0 Å². The lowest BCUT2D eigenvalue weighted by Gasteiger charge is -2.36. The first-order valence-corrected chi connectivity index (χ1v) is 5.51. The fourth-order valence-electron chi connectivity index (χ4n) is 2.46. The second-order valence-corrected chi connectivity index (χ2v) is 4.69. The van der Waals surface area contributed by atoms with Crippen LogP contribution in [0.4, 0.5) is 10.1 Å². The van der Waals surface area contributed by atoms with E-state index in [0.29, 0.717) is 11.8 Å². The fourth-order valence-corrected chi connectivity index (χ4v) is 2.46. The van der Waals surface area contributed by atoms with Crippen molar-refractivity contribution in [2.75, 3.05) is 18.0 Å². The third-order valence-electron chi connectivity index (χ3n) is 2.94. The molecule has 0 spiro atoms. The van der Waals surface area contributed by atoms with Crippen molar-refractivity contribution in [2.45, 2.75) is 20.3 Å². The first kappa shape index (κ1) is 10.4. The molecule has 0 amide bonds. The summed E-state index contributed by atoms with van der Waals surface area (Å²) in [7, 11) is 0. The summed E-state index contributed by atoms with van der Waals surface area (Å²) in [5.41, 5.74) is 0.959. The van der Waals surface area contributed by atoms with Crippen LogP contribution in [0.15, 0.2) is 18.3 Å². The molecule has 82 valence electrons. The van der Waals surface area contributed by atoms with Crippen LogP contribution in [0.3, 0.4) is 0 Å².